The van der Waals surface area contributed by atoms with E-state index in [2.05, 4.69) is 245 Å². The maximum absolute atomic E-state index is 2.44. The summed E-state index contributed by atoms with van der Waals surface area (Å²) in [5, 5.41) is 2.48. The zero-order valence-electron chi connectivity index (χ0n) is 34.2. The van der Waals surface area contributed by atoms with Gasteiger partial charge in [0.1, 0.15) is 0 Å². The second-order valence-electron chi connectivity index (χ2n) is 17.0. The molecule has 0 spiro atoms. The average Bonchev–Trinajstić information content (AvgIpc) is 3.56. The Bertz CT molecular complexity index is 2950. The maximum Gasteiger partial charge on any atom is 0.0540 e. The third-order valence-electron chi connectivity index (χ3n) is 12.5. The Morgan fingerprint density at radius 3 is 1.59 bits per heavy atom. The summed E-state index contributed by atoms with van der Waals surface area (Å²) in [7, 11) is 0. The fraction of sp³-hybridized carbons (Fsp3) is 0.103. The molecule has 9 aromatic rings. The number of anilines is 3. The molecule has 0 aliphatic heterocycles. The third-order valence-corrected chi connectivity index (χ3v) is 12.5. The molecule has 0 fully saturated rings. The molecule has 0 bridgehead atoms. The van der Waals surface area contributed by atoms with Gasteiger partial charge < -0.3 is 4.90 Å². The molecule has 1 unspecified atom stereocenters. The Hall–Kier alpha value is -6.96. The van der Waals surface area contributed by atoms with E-state index in [0.29, 0.717) is 0 Å². The van der Waals surface area contributed by atoms with Gasteiger partial charge in [-0.05, 0) is 115 Å². The van der Waals surface area contributed by atoms with Crippen LogP contribution < -0.4 is 4.90 Å². The SMILES string of the molecule is CC(C)(C)c1ccc(N(c2ccc(-c3cccc4c3-c3ccccc3C4(C)c3ccccc3)cc2)c2ccccc2-c2cccc3cccc(-c4ccccc4)c23)cc1. The number of hydrogen-bond acceptors (Lipinski definition) is 1. The first-order valence-corrected chi connectivity index (χ1v) is 20.8. The summed E-state index contributed by atoms with van der Waals surface area (Å²) in [6, 6.07) is 78.3. The number of rotatable bonds is 7. The molecule has 1 heteroatoms. The van der Waals surface area contributed by atoms with Gasteiger partial charge in [-0.1, -0.05) is 203 Å². The summed E-state index contributed by atoms with van der Waals surface area (Å²) in [5.74, 6) is 0. The van der Waals surface area contributed by atoms with E-state index in [1.54, 1.807) is 0 Å². The smallest absolute Gasteiger partial charge is 0.0540 e. The standard InChI is InChI=1S/C58H47N/c1-57(2,3)43-34-38-46(39-35-43)59(54-31-14-12-24-49(54)50-28-16-21-42-20-15-26-47(55(42)50)40-18-7-5-8-19-40)45-36-32-41(33-37-45)48-27-17-30-53-56(48)51-25-11-13-29-52(51)58(53,4)44-22-9-6-10-23-44/h5-39H,1-4H3. The van der Waals surface area contributed by atoms with Gasteiger partial charge in [0.05, 0.1) is 5.69 Å². The molecule has 0 saturated carbocycles. The van der Waals surface area contributed by atoms with Crippen LogP contribution in [0, 0.1) is 0 Å². The third kappa shape index (κ3) is 6.17. The molecule has 284 valence electrons. The first kappa shape index (κ1) is 36.4. The topological polar surface area (TPSA) is 3.24 Å². The van der Waals surface area contributed by atoms with Crippen LogP contribution in [0.15, 0.2) is 212 Å². The average molecular weight is 758 g/mol. The number of fused-ring (bicyclic) bond motifs is 4. The lowest BCUT2D eigenvalue weighted by atomic mass is 9.74. The van der Waals surface area contributed by atoms with Crippen molar-refractivity contribution in [1.29, 1.82) is 0 Å². The molecule has 59 heavy (non-hydrogen) atoms. The van der Waals surface area contributed by atoms with E-state index in [9.17, 15) is 0 Å². The van der Waals surface area contributed by atoms with Gasteiger partial charge in [-0.3, -0.25) is 0 Å². The van der Waals surface area contributed by atoms with E-state index in [1.807, 2.05) is 0 Å². The number of nitrogens with zero attached hydrogens (tertiary/aromatic N) is 1. The van der Waals surface area contributed by atoms with Crippen LogP contribution in [0.3, 0.4) is 0 Å². The summed E-state index contributed by atoms with van der Waals surface area (Å²) >= 11 is 0. The second kappa shape index (κ2) is 14.5. The van der Waals surface area contributed by atoms with Crippen LogP contribution in [0.2, 0.25) is 0 Å². The van der Waals surface area contributed by atoms with Crippen molar-refractivity contribution >= 4 is 27.8 Å². The molecule has 0 N–H and O–H groups in total. The van der Waals surface area contributed by atoms with Gasteiger partial charge in [0, 0.05) is 22.4 Å². The van der Waals surface area contributed by atoms with Crippen LogP contribution in [0.1, 0.15) is 49.9 Å². The highest BCUT2D eigenvalue weighted by molar-refractivity contribution is 6.09. The lowest BCUT2D eigenvalue weighted by Crippen LogP contribution is -2.22. The Balaban J connectivity index is 1.14. The molecule has 9 aromatic carbocycles. The van der Waals surface area contributed by atoms with Gasteiger partial charge in [-0.15, -0.1) is 0 Å². The van der Waals surface area contributed by atoms with E-state index in [0.717, 1.165) is 17.1 Å². The lowest BCUT2D eigenvalue weighted by Gasteiger charge is -2.29. The Morgan fingerprint density at radius 2 is 0.898 bits per heavy atom. The van der Waals surface area contributed by atoms with Crippen molar-refractivity contribution in [3.8, 4) is 44.5 Å². The van der Waals surface area contributed by atoms with Crippen LogP contribution in [-0.4, -0.2) is 0 Å². The molecule has 1 atom stereocenters. The van der Waals surface area contributed by atoms with E-state index < -0.39 is 0 Å². The van der Waals surface area contributed by atoms with Gasteiger partial charge in [0.25, 0.3) is 0 Å². The van der Waals surface area contributed by atoms with Gasteiger partial charge >= 0.3 is 0 Å². The van der Waals surface area contributed by atoms with Crippen LogP contribution in [0.25, 0.3) is 55.3 Å². The van der Waals surface area contributed by atoms with Gasteiger partial charge in [-0.25, -0.2) is 0 Å². The van der Waals surface area contributed by atoms with Gasteiger partial charge in [-0.2, -0.15) is 0 Å². The van der Waals surface area contributed by atoms with E-state index >= 15 is 0 Å². The summed E-state index contributed by atoms with van der Waals surface area (Å²) in [4.78, 5) is 2.44. The minimum atomic E-state index is -0.245. The van der Waals surface area contributed by atoms with Crippen molar-refractivity contribution in [3.05, 3.63) is 235 Å². The summed E-state index contributed by atoms with van der Waals surface area (Å²) in [5.41, 5.74) is 18.4. The first-order valence-electron chi connectivity index (χ1n) is 20.8. The molecule has 1 nitrogen and oxygen atoms in total. The summed E-state index contributed by atoms with van der Waals surface area (Å²) in [6.07, 6.45) is 0. The highest BCUT2D eigenvalue weighted by Gasteiger charge is 2.41. The summed E-state index contributed by atoms with van der Waals surface area (Å²) in [6.45, 7) is 9.22. The van der Waals surface area contributed by atoms with Crippen molar-refractivity contribution in [2.45, 2.75) is 38.5 Å². The lowest BCUT2D eigenvalue weighted by molar-refractivity contribution is 0.590. The van der Waals surface area contributed by atoms with Crippen LogP contribution >= 0.6 is 0 Å². The predicted molar refractivity (Wildman–Crippen MR) is 251 cm³/mol. The summed E-state index contributed by atoms with van der Waals surface area (Å²) < 4.78 is 0. The normalized spacial score (nSPS) is 14.5. The number of benzene rings is 9. The second-order valence-corrected chi connectivity index (χ2v) is 17.0. The van der Waals surface area contributed by atoms with Crippen LogP contribution in [0.4, 0.5) is 17.1 Å². The van der Waals surface area contributed by atoms with Crippen molar-refractivity contribution in [3.63, 3.8) is 0 Å². The van der Waals surface area contributed by atoms with E-state index in [4.69, 9.17) is 0 Å². The molecule has 10 rings (SSSR count). The van der Waals surface area contributed by atoms with Crippen molar-refractivity contribution in [2.75, 3.05) is 4.90 Å². The monoisotopic (exact) mass is 757 g/mol. The molecule has 1 aliphatic carbocycles. The Kier molecular flexibility index (Phi) is 8.91. The minimum Gasteiger partial charge on any atom is -0.310 e. The predicted octanol–water partition coefficient (Wildman–Crippen LogP) is 15.9. The largest absolute Gasteiger partial charge is 0.310 e. The fourth-order valence-corrected chi connectivity index (χ4v) is 9.51. The Labute approximate surface area is 348 Å². The molecule has 0 heterocycles. The molecule has 1 aliphatic rings. The quantitative estimate of drug-likeness (QED) is 0.156. The number of hydrogen-bond donors (Lipinski definition) is 0. The van der Waals surface area contributed by atoms with Crippen molar-refractivity contribution in [1.82, 2.24) is 0 Å². The maximum atomic E-state index is 2.44. The fourth-order valence-electron chi connectivity index (χ4n) is 9.51. The zero-order valence-corrected chi connectivity index (χ0v) is 34.2. The molecule has 0 aromatic heterocycles. The number of para-hydroxylation sites is 1. The van der Waals surface area contributed by atoms with Gasteiger partial charge in [0.2, 0.25) is 0 Å². The van der Waals surface area contributed by atoms with Gasteiger partial charge in [0.15, 0.2) is 0 Å². The molecular weight excluding hydrogens is 711 g/mol. The molecule has 0 saturated heterocycles. The van der Waals surface area contributed by atoms with E-state index in [-0.39, 0.29) is 10.8 Å². The van der Waals surface area contributed by atoms with E-state index in [1.165, 1.54) is 77.5 Å². The molecule has 0 radical (unpaired) electrons. The van der Waals surface area contributed by atoms with Crippen molar-refractivity contribution < 1.29 is 0 Å². The van der Waals surface area contributed by atoms with Crippen LogP contribution in [0.5, 0.6) is 0 Å². The van der Waals surface area contributed by atoms with Crippen LogP contribution in [-0.2, 0) is 10.8 Å². The Morgan fingerprint density at radius 1 is 0.390 bits per heavy atom. The molecule has 0 amide bonds. The highest BCUT2D eigenvalue weighted by atomic mass is 15.1. The first-order chi connectivity index (χ1) is 28.8. The molecular formula is C58H47N. The zero-order chi connectivity index (χ0) is 40.1. The highest BCUT2D eigenvalue weighted by Crippen LogP contribution is 2.55. The van der Waals surface area contributed by atoms with Crippen molar-refractivity contribution in [2.24, 2.45) is 0 Å². The minimum absolute atomic E-state index is 0.0465.